The Kier molecular flexibility index (Phi) is 5.16. The summed E-state index contributed by atoms with van der Waals surface area (Å²) in [5.74, 6) is -0.584. The lowest BCUT2D eigenvalue weighted by Gasteiger charge is -2.06. The molecule has 1 aromatic heterocycles. The molecule has 0 aromatic carbocycles. The molecule has 0 saturated heterocycles. The van der Waals surface area contributed by atoms with Gasteiger partial charge in [0.1, 0.15) is 0 Å². The van der Waals surface area contributed by atoms with Gasteiger partial charge < -0.3 is 15.4 Å². The highest BCUT2D eigenvalue weighted by atomic mass is 16.5. The second kappa shape index (κ2) is 6.63. The number of nitrogens with zero attached hydrogens (tertiary/aromatic N) is 2. The summed E-state index contributed by atoms with van der Waals surface area (Å²) in [5, 5.41) is 9.19. The van der Waals surface area contributed by atoms with Crippen molar-refractivity contribution in [3.63, 3.8) is 0 Å². The van der Waals surface area contributed by atoms with Crippen molar-refractivity contribution in [3.05, 3.63) is 11.9 Å². The van der Waals surface area contributed by atoms with Crippen molar-refractivity contribution in [1.82, 2.24) is 15.1 Å². The second-order valence-electron chi connectivity index (χ2n) is 3.79. The molecule has 100 valence electrons. The van der Waals surface area contributed by atoms with Crippen LogP contribution in [0.4, 0.5) is 10.5 Å². The highest BCUT2D eigenvalue weighted by molar-refractivity contribution is 5.99. The number of anilines is 1. The molecule has 2 N–H and O–H groups in total. The first kappa shape index (κ1) is 14.0. The number of hydrogen-bond acceptors (Lipinski definition) is 4. The molecule has 0 aliphatic heterocycles. The number of esters is 1. The number of carbonyl (C=O) groups excluding carboxylic acids is 2. The van der Waals surface area contributed by atoms with Crippen molar-refractivity contribution in [1.29, 1.82) is 0 Å². The molecular formula is C11H18N4O3. The van der Waals surface area contributed by atoms with E-state index in [4.69, 9.17) is 0 Å². The van der Waals surface area contributed by atoms with Crippen LogP contribution in [0, 0.1) is 0 Å². The molecule has 0 spiro atoms. The van der Waals surface area contributed by atoms with Crippen LogP contribution in [-0.2, 0) is 11.8 Å². The fraction of sp³-hybridized carbons (Fsp3) is 0.545. The quantitative estimate of drug-likeness (QED) is 0.609. The van der Waals surface area contributed by atoms with Gasteiger partial charge in [-0.25, -0.2) is 9.59 Å². The minimum atomic E-state index is -0.584. The van der Waals surface area contributed by atoms with E-state index in [0.29, 0.717) is 12.2 Å². The zero-order valence-corrected chi connectivity index (χ0v) is 10.8. The summed E-state index contributed by atoms with van der Waals surface area (Å²) >= 11 is 0. The van der Waals surface area contributed by atoms with Crippen molar-refractivity contribution in [3.8, 4) is 0 Å². The molecule has 7 nitrogen and oxygen atoms in total. The molecule has 1 rings (SSSR count). The number of amides is 2. The molecule has 0 fully saturated rings. The van der Waals surface area contributed by atoms with Gasteiger partial charge in [-0.3, -0.25) is 4.68 Å². The van der Waals surface area contributed by atoms with Crippen LogP contribution in [0.2, 0.25) is 0 Å². The van der Waals surface area contributed by atoms with E-state index in [0.717, 1.165) is 12.8 Å². The van der Waals surface area contributed by atoms with E-state index in [9.17, 15) is 9.59 Å². The summed E-state index contributed by atoms with van der Waals surface area (Å²) in [5.41, 5.74) is 0.420. The first-order chi connectivity index (χ1) is 8.58. The molecule has 7 heteroatoms. The van der Waals surface area contributed by atoms with E-state index >= 15 is 0 Å². The SMILES string of the molecule is CCCCNC(=O)Nc1cn(C)nc1C(=O)OC. The van der Waals surface area contributed by atoms with E-state index in [1.165, 1.54) is 11.8 Å². The Morgan fingerprint density at radius 3 is 2.83 bits per heavy atom. The lowest BCUT2D eigenvalue weighted by molar-refractivity contribution is 0.0594. The number of aromatic nitrogens is 2. The molecule has 1 aromatic rings. The molecule has 0 radical (unpaired) electrons. The highest BCUT2D eigenvalue weighted by Crippen LogP contribution is 2.13. The van der Waals surface area contributed by atoms with Gasteiger partial charge in [0.05, 0.1) is 12.8 Å². The van der Waals surface area contributed by atoms with Gasteiger partial charge in [0.25, 0.3) is 0 Å². The van der Waals surface area contributed by atoms with E-state index < -0.39 is 5.97 Å². The Morgan fingerprint density at radius 2 is 2.22 bits per heavy atom. The minimum absolute atomic E-state index is 0.0886. The Labute approximate surface area is 105 Å². The third-order valence-corrected chi connectivity index (χ3v) is 2.27. The number of aryl methyl sites for hydroxylation is 1. The van der Waals surface area contributed by atoms with Crippen LogP contribution in [0.3, 0.4) is 0 Å². The normalized spacial score (nSPS) is 9.94. The third kappa shape index (κ3) is 3.76. The minimum Gasteiger partial charge on any atom is -0.464 e. The third-order valence-electron chi connectivity index (χ3n) is 2.27. The number of urea groups is 1. The van der Waals surface area contributed by atoms with Gasteiger partial charge in [-0.1, -0.05) is 13.3 Å². The van der Waals surface area contributed by atoms with Crippen LogP contribution in [0.25, 0.3) is 0 Å². The van der Waals surface area contributed by atoms with Crippen molar-refractivity contribution >= 4 is 17.7 Å². The number of nitrogens with one attached hydrogen (secondary N) is 2. The van der Waals surface area contributed by atoms with Gasteiger partial charge >= 0.3 is 12.0 Å². The van der Waals surface area contributed by atoms with Crippen LogP contribution in [0.5, 0.6) is 0 Å². The van der Waals surface area contributed by atoms with Gasteiger partial charge in [-0.05, 0) is 6.42 Å². The summed E-state index contributed by atoms with van der Waals surface area (Å²) in [6.45, 7) is 2.63. The van der Waals surface area contributed by atoms with Crippen LogP contribution < -0.4 is 10.6 Å². The number of ether oxygens (including phenoxy) is 1. The average molecular weight is 254 g/mol. The van der Waals surface area contributed by atoms with E-state index in [-0.39, 0.29) is 11.7 Å². The van der Waals surface area contributed by atoms with Gasteiger partial charge in [-0.2, -0.15) is 5.10 Å². The summed E-state index contributed by atoms with van der Waals surface area (Å²) in [7, 11) is 2.93. The smallest absolute Gasteiger partial charge is 0.360 e. The summed E-state index contributed by atoms with van der Waals surface area (Å²) in [6, 6.07) is -0.360. The Balaban J connectivity index is 2.66. The maximum absolute atomic E-state index is 11.5. The van der Waals surface area contributed by atoms with E-state index in [1.54, 1.807) is 13.2 Å². The molecular weight excluding hydrogens is 236 g/mol. The van der Waals surface area contributed by atoms with Gasteiger partial charge in [-0.15, -0.1) is 0 Å². The number of carbonyl (C=O) groups is 2. The Hall–Kier alpha value is -2.05. The second-order valence-corrected chi connectivity index (χ2v) is 3.79. The molecule has 1 heterocycles. The lowest BCUT2D eigenvalue weighted by Crippen LogP contribution is -2.29. The van der Waals surface area contributed by atoms with Gasteiger partial charge in [0.15, 0.2) is 5.69 Å². The number of methoxy groups -OCH3 is 1. The van der Waals surface area contributed by atoms with Crippen LogP contribution in [0.15, 0.2) is 6.20 Å². The molecule has 0 aliphatic rings. The first-order valence-corrected chi connectivity index (χ1v) is 5.75. The number of hydrogen-bond donors (Lipinski definition) is 2. The molecule has 0 bridgehead atoms. The van der Waals surface area contributed by atoms with Gasteiger partial charge in [0.2, 0.25) is 0 Å². The summed E-state index contributed by atoms with van der Waals surface area (Å²) in [6.07, 6.45) is 3.45. The van der Waals surface area contributed by atoms with E-state index in [2.05, 4.69) is 20.5 Å². The Bertz CT molecular complexity index is 428. The summed E-state index contributed by atoms with van der Waals surface area (Å²) < 4.78 is 6.02. The predicted molar refractivity (Wildman–Crippen MR) is 66.5 cm³/mol. The predicted octanol–water partition coefficient (Wildman–Crippen LogP) is 1.13. The maximum Gasteiger partial charge on any atom is 0.360 e. The highest BCUT2D eigenvalue weighted by Gasteiger charge is 2.18. The van der Waals surface area contributed by atoms with Crippen LogP contribution in [0.1, 0.15) is 30.3 Å². The fourth-order valence-electron chi connectivity index (χ4n) is 1.37. The van der Waals surface area contributed by atoms with Crippen molar-refractivity contribution < 1.29 is 14.3 Å². The van der Waals surface area contributed by atoms with Gasteiger partial charge in [0, 0.05) is 19.8 Å². The largest absolute Gasteiger partial charge is 0.464 e. The number of unbranched alkanes of at least 4 members (excludes halogenated alkanes) is 1. The molecule has 18 heavy (non-hydrogen) atoms. The van der Waals surface area contributed by atoms with E-state index in [1.807, 2.05) is 6.92 Å². The van der Waals surface area contributed by atoms with Crippen LogP contribution >= 0.6 is 0 Å². The van der Waals surface area contributed by atoms with Crippen molar-refractivity contribution in [2.75, 3.05) is 19.0 Å². The maximum atomic E-state index is 11.5. The van der Waals surface area contributed by atoms with Crippen molar-refractivity contribution in [2.45, 2.75) is 19.8 Å². The molecule has 0 saturated carbocycles. The number of rotatable bonds is 5. The molecule has 0 atom stereocenters. The zero-order valence-electron chi connectivity index (χ0n) is 10.8. The standard InChI is InChI=1S/C11H18N4O3/c1-4-5-6-12-11(17)13-8-7-15(2)14-9(8)10(16)18-3/h7H,4-6H2,1-3H3,(H2,12,13,17). The molecule has 0 unspecified atom stereocenters. The molecule has 0 aliphatic carbocycles. The average Bonchev–Trinajstić information content (AvgIpc) is 2.69. The Morgan fingerprint density at radius 1 is 1.50 bits per heavy atom. The van der Waals surface area contributed by atoms with Crippen LogP contribution in [-0.4, -0.2) is 35.4 Å². The topological polar surface area (TPSA) is 85.3 Å². The molecule has 2 amide bonds. The van der Waals surface area contributed by atoms with Crippen molar-refractivity contribution in [2.24, 2.45) is 7.05 Å². The monoisotopic (exact) mass is 254 g/mol. The lowest BCUT2D eigenvalue weighted by atomic mass is 10.3. The summed E-state index contributed by atoms with van der Waals surface area (Å²) in [4.78, 5) is 23.0. The first-order valence-electron chi connectivity index (χ1n) is 5.75. The zero-order chi connectivity index (χ0) is 13.5. The fourth-order valence-corrected chi connectivity index (χ4v) is 1.37.